The maximum atomic E-state index is 12.2. The molecule has 1 aromatic carbocycles. The number of rotatable bonds is 7. The van der Waals surface area contributed by atoms with Crippen molar-refractivity contribution in [3.8, 4) is 11.5 Å². The summed E-state index contributed by atoms with van der Waals surface area (Å²) in [6.07, 6.45) is 11.3. The minimum absolute atomic E-state index is 0.0334. The Labute approximate surface area is 176 Å². The van der Waals surface area contributed by atoms with Crippen LogP contribution in [0.15, 0.2) is 30.4 Å². The number of hydrogen-bond acceptors (Lipinski definition) is 3. The van der Waals surface area contributed by atoms with E-state index in [0.717, 1.165) is 35.6 Å². The SMILES string of the molecule is COc1ccc(C2CNC(=O)C(C/C=C/CBr)C2)cc1O[C@H]1C[C@H]2CC[C@@H]1C2. The summed E-state index contributed by atoms with van der Waals surface area (Å²) < 4.78 is 12.0. The van der Waals surface area contributed by atoms with Gasteiger partial charge in [-0.05, 0) is 68.1 Å². The number of hydrogen-bond donors (Lipinski definition) is 1. The Morgan fingerprint density at radius 1 is 1.18 bits per heavy atom. The standard InChI is InChI=1S/C23H30BrNO3/c1-27-20-8-7-16(13-22(20)28-21-11-15-5-6-17(21)10-15)19-12-18(4-2-3-9-24)23(26)25-14-19/h2-3,7-8,13,15,17-19,21H,4-6,9-12,14H2,1H3,(H,25,26)/b3-2+/t15-,17+,18?,19?,21-/m0/s1. The zero-order chi connectivity index (χ0) is 19.5. The highest BCUT2D eigenvalue weighted by molar-refractivity contribution is 9.09. The molecule has 1 N–H and O–H groups in total. The van der Waals surface area contributed by atoms with Gasteiger partial charge in [-0.1, -0.05) is 34.1 Å². The predicted molar refractivity (Wildman–Crippen MR) is 114 cm³/mol. The first-order valence-corrected chi connectivity index (χ1v) is 11.6. The molecule has 1 heterocycles. The molecule has 2 bridgehead atoms. The molecule has 2 saturated carbocycles. The van der Waals surface area contributed by atoms with Gasteiger partial charge in [0.05, 0.1) is 7.11 Å². The number of fused-ring (bicyclic) bond motifs is 2. The molecule has 0 spiro atoms. The van der Waals surface area contributed by atoms with Crippen molar-refractivity contribution in [2.45, 2.75) is 50.5 Å². The second-order valence-electron chi connectivity index (χ2n) is 8.48. The van der Waals surface area contributed by atoms with Crippen LogP contribution in [0.4, 0.5) is 0 Å². The Bertz CT molecular complexity index is 735. The van der Waals surface area contributed by atoms with Gasteiger partial charge in [-0.15, -0.1) is 0 Å². The number of carbonyl (C=O) groups is 1. The predicted octanol–water partition coefficient (Wildman–Crippen LogP) is 4.82. The van der Waals surface area contributed by atoms with E-state index in [-0.39, 0.29) is 11.8 Å². The van der Waals surface area contributed by atoms with Gasteiger partial charge in [0.2, 0.25) is 5.91 Å². The molecule has 1 amide bonds. The molecule has 1 aliphatic heterocycles. The molecule has 1 saturated heterocycles. The number of ether oxygens (including phenoxy) is 2. The van der Waals surface area contributed by atoms with Crippen LogP contribution in [-0.4, -0.2) is 31.0 Å². The van der Waals surface area contributed by atoms with Crippen molar-refractivity contribution in [3.05, 3.63) is 35.9 Å². The van der Waals surface area contributed by atoms with Crippen molar-refractivity contribution in [2.24, 2.45) is 17.8 Å². The van der Waals surface area contributed by atoms with Gasteiger partial charge in [0.1, 0.15) is 6.10 Å². The van der Waals surface area contributed by atoms with Gasteiger partial charge in [0.15, 0.2) is 11.5 Å². The monoisotopic (exact) mass is 447 g/mol. The van der Waals surface area contributed by atoms with E-state index in [1.807, 2.05) is 6.07 Å². The molecule has 5 atom stereocenters. The van der Waals surface area contributed by atoms with Crippen LogP contribution in [0.3, 0.4) is 0 Å². The van der Waals surface area contributed by atoms with Crippen LogP contribution in [-0.2, 0) is 4.79 Å². The van der Waals surface area contributed by atoms with Crippen molar-refractivity contribution in [1.82, 2.24) is 5.32 Å². The van der Waals surface area contributed by atoms with E-state index in [9.17, 15) is 4.79 Å². The van der Waals surface area contributed by atoms with Crippen molar-refractivity contribution in [3.63, 3.8) is 0 Å². The number of nitrogens with one attached hydrogen (secondary N) is 1. The number of halogens is 1. The zero-order valence-corrected chi connectivity index (χ0v) is 18.1. The molecule has 4 nitrogen and oxygen atoms in total. The first-order valence-electron chi connectivity index (χ1n) is 10.5. The average molecular weight is 448 g/mol. The molecule has 5 heteroatoms. The van der Waals surface area contributed by atoms with Crippen molar-refractivity contribution < 1.29 is 14.3 Å². The summed E-state index contributed by atoms with van der Waals surface area (Å²) >= 11 is 3.39. The lowest BCUT2D eigenvalue weighted by Gasteiger charge is -2.30. The fourth-order valence-corrected chi connectivity index (χ4v) is 5.48. The van der Waals surface area contributed by atoms with Gasteiger partial charge < -0.3 is 14.8 Å². The second-order valence-corrected chi connectivity index (χ2v) is 9.13. The highest BCUT2D eigenvalue weighted by Gasteiger charge is 2.41. The number of methoxy groups -OCH3 is 1. The van der Waals surface area contributed by atoms with Crippen molar-refractivity contribution in [1.29, 1.82) is 0 Å². The molecule has 2 unspecified atom stereocenters. The van der Waals surface area contributed by atoms with Crippen LogP contribution in [0.25, 0.3) is 0 Å². The molecule has 1 aromatic rings. The van der Waals surface area contributed by atoms with Crippen molar-refractivity contribution >= 4 is 21.8 Å². The van der Waals surface area contributed by atoms with E-state index < -0.39 is 0 Å². The average Bonchev–Trinajstić information content (AvgIpc) is 3.33. The zero-order valence-electron chi connectivity index (χ0n) is 16.5. The summed E-state index contributed by atoms with van der Waals surface area (Å²) in [5.74, 6) is 3.75. The lowest BCUT2D eigenvalue weighted by molar-refractivity contribution is -0.126. The van der Waals surface area contributed by atoms with Gasteiger partial charge in [-0.25, -0.2) is 0 Å². The third kappa shape index (κ3) is 4.24. The highest BCUT2D eigenvalue weighted by atomic mass is 79.9. The summed E-state index contributed by atoms with van der Waals surface area (Å²) in [6.45, 7) is 0.692. The quantitative estimate of drug-likeness (QED) is 0.481. The molecule has 4 rings (SSSR count). The topological polar surface area (TPSA) is 47.6 Å². The van der Waals surface area contributed by atoms with Crippen LogP contribution in [0.1, 0.15) is 50.0 Å². The van der Waals surface area contributed by atoms with Crippen LogP contribution in [0, 0.1) is 17.8 Å². The van der Waals surface area contributed by atoms with Crippen LogP contribution >= 0.6 is 15.9 Å². The first-order chi connectivity index (χ1) is 13.7. The minimum Gasteiger partial charge on any atom is -0.493 e. The van der Waals surface area contributed by atoms with Gasteiger partial charge in [-0.3, -0.25) is 4.79 Å². The Morgan fingerprint density at radius 3 is 2.79 bits per heavy atom. The third-order valence-corrected chi connectivity index (χ3v) is 7.12. The lowest BCUT2D eigenvalue weighted by Crippen LogP contribution is -2.40. The van der Waals surface area contributed by atoms with E-state index in [1.54, 1.807) is 7.11 Å². The van der Waals surface area contributed by atoms with E-state index in [0.29, 0.717) is 24.5 Å². The van der Waals surface area contributed by atoms with Gasteiger partial charge >= 0.3 is 0 Å². The summed E-state index contributed by atoms with van der Waals surface area (Å²) in [7, 11) is 1.70. The minimum atomic E-state index is 0.0334. The Morgan fingerprint density at radius 2 is 2.07 bits per heavy atom. The number of carbonyl (C=O) groups excluding carboxylic acids is 1. The summed E-state index contributed by atoms with van der Waals surface area (Å²) in [4.78, 5) is 12.2. The maximum absolute atomic E-state index is 12.2. The van der Waals surface area contributed by atoms with E-state index in [1.165, 1.54) is 31.2 Å². The van der Waals surface area contributed by atoms with Crippen molar-refractivity contribution in [2.75, 3.05) is 19.0 Å². The molecule has 0 radical (unpaired) electrons. The Kier molecular flexibility index (Phi) is 6.29. The molecule has 2 aliphatic carbocycles. The number of alkyl halides is 1. The highest BCUT2D eigenvalue weighted by Crippen LogP contribution is 2.47. The smallest absolute Gasteiger partial charge is 0.223 e. The van der Waals surface area contributed by atoms with Crippen LogP contribution < -0.4 is 14.8 Å². The molecule has 3 aliphatic rings. The molecule has 28 heavy (non-hydrogen) atoms. The van der Waals surface area contributed by atoms with Gasteiger partial charge in [-0.2, -0.15) is 0 Å². The molecular formula is C23H30BrNO3. The molecular weight excluding hydrogens is 418 g/mol. The fourth-order valence-electron chi connectivity index (χ4n) is 5.22. The molecule has 0 aromatic heterocycles. The van der Waals surface area contributed by atoms with Gasteiger partial charge in [0, 0.05) is 23.7 Å². The third-order valence-electron chi connectivity index (χ3n) is 6.75. The number of amides is 1. The van der Waals surface area contributed by atoms with Gasteiger partial charge in [0.25, 0.3) is 0 Å². The largest absolute Gasteiger partial charge is 0.493 e. The summed E-state index contributed by atoms with van der Waals surface area (Å²) in [6, 6.07) is 6.30. The first kappa shape index (κ1) is 19.8. The lowest BCUT2D eigenvalue weighted by atomic mass is 9.83. The second kappa shape index (κ2) is 8.89. The van der Waals surface area contributed by atoms with Crippen LogP contribution in [0.5, 0.6) is 11.5 Å². The van der Waals surface area contributed by atoms with E-state index in [2.05, 4.69) is 45.5 Å². The number of allylic oxidation sites excluding steroid dienone is 2. The van der Waals surface area contributed by atoms with Crippen LogP contribution in [0.2, 0.25) is 0 Å². The Balaban J connectivity index is 1.48. The molecule has 152 valence electrons. The number of benzene rings is 1. The normalized spacial score (nSPS) is 31.9. The molecule has 3 fully saturated rings. The summed E-state index contributed by atoms with van der Waals surface area (Å²) in [5, 5.41) is 3.92. The number of piperidine rings is 1. The van der Waals surface area contributed by atoms with E-state index >= 15 is 0 Å². The summed E-state index contributed by atoms with van der Waals surface area (Å²) in [5.41, 5.74) is 1.23. The maximum Gasteiger partial charge on any atom is 0.223 e. The fraction of sp³-hybridized carbons (Fsp3) is 0.609. The Hall–Kier alpha value is -1.49. The van der Waals surface area contributed by atoms with E-state index in [4.69, 9.17) is 9.47 Å².